The number of nitrogen functional groups attached to an aromatic ring is 1. The molecule has 0 saturated carbocycles. The highest BCUT2D eigenvalue weighted by Gasteiger charge is 2.17. The van der Waals surface area contributed by atoms with Crippen molar-refractivity contribution < 1.29 is 0 Å². The maximum absolute atomic E-state index is 5.91. The molecule has 98 valence electrons. The van der Waals surface area contributed by atoms with Gasteiger partial charge in [0.15, 0.2) is 0 Å². The summed E-state index contributed by atoms with van der Waals surface area (Å²) in [5, 5.41) is 0. The number of aromatic nitrogens is 1. The van der Waals surface area contributed by atoms with E-state index in [1.54, 1.807) is 0 Å². The van der Waals surface area contributed by atoms with Gasteiger partial charge in [-0.2, -0.15) is 0 Å². The van der Waals surface area contributed by atoms with Crippen LogP contribution in [-0.2, 0) is 13.0 Å². The fraction of sp³-hybridized carbons (Fsp3) is 0.267. The molecule has 1 aliphatic rings. The van der Waals surface area contributed by atoms with Gasteiger partial charge in [-0.1, -0.05) is 6.07 Å². The molecular weight excluding hydrogens is 302 g/mol. The number of hydrogen-bond donors (Lipinski definition) is 1. The Bertz CT molecular complexity index is 580. The highest BCUT2D eigenvalue weighted by molar-refractivity contribution is 9.10. The summed E-state index contributed by atoms with van der Waals surface area (Å²) in [6, 6.07) is 10.3. The van der Waals surface area contributed by atoms with E-state index in [0.717, 1.165) is 35.4 Å². The summed E-state index contributed by atoms with van der Waals surface area (Å²) in [4.78, 5) is 6.81. The van der Waals surface area contributed by atoms with E-state index in [4.69, 9.17) is 5.73 Å². The minimum atomic E-state index is 0.828. The van der Waals surface area contributed by atoms with Crippen molar-refractivity contribution in [3.05, 3.63) is 52.3 Å². The first kappa shape index (κ1) is 12.5. The molecule has 0 amide bonds. The summed E-state index contributed by atoms with van der Waals surface area (Å²) in [5.74, 6) is 0. The van der Waals surface area contributed by atoms with Gasteiger partial charge in [0, 0.05) is 28.6 Å². The summed E-state index contributed by atoms with van der Waals surface area (Å²) in [5.41, 5.74) is 10.5. The van der Waals surface area contributed by atoms with E-state index in [9.17, 15) is 0 Å². The molecule has 0 unspecified atom stereocenters. The molecule has 0 fully saturated rings. The lowest BCUT2D eigenvalue weighted by molar-refractivity contribution is 0.684. The van der Waals surface area contributed by atoms with Crippen LogP contribution in [0.5, 0.6) is 0 Å². The average Bonchev–Trinajstić information content (AvgIpc) is 2.42. The second kappa shape index (κ2) is 5.21. The molecule has 0 aliphatic carbocycles. The van der Waals surface area contributed by atoms with Crippen molar-refractivity contribution in [1.29, 1.82) is 0 Å². The molecule has 2 heterocycles. The fourth-order valence-corrected chi connectivity index (χ4v) is 2.76. The summed E-state index contributed by atoms with van der Waals surface area (Å²) in [7, 11) is 0. The second-order valence-corrected chi connectivity index (χ2v) is 5.80. The quantitative estimate of drug-likeness (QED) is 0.863. The lowest BCUT2D eigenvalue weighted by Gasteiger charge is -2.31. The summed E-state index contributed by atoms with van der Waals surface area (Å²) >= 11 is 3.41. The standard InChI is InChI=1S/C15H16BrN3/c16-12-4-6-14(18-9-12)10-19-7-1-2-11-3-5-13(17)8-15(11)19/h3-6,8-9H,1-2,7,10,17H2. The van der Waals surface area contributed by atoms with Crippen LogP contribution in [0.3, 0.4) is 0 Å². The SMILES string of the molecule is Nc1ccc2c(c1)N(Cc1ccc(Br)cn1)CCC2. The number of nitrogens with zero attached hydrogens (tertiary/aromatic N) is 2. The first-order valence-electron chi connectivity index (χ1n) is 6.46. The Kier molecular flexibility index (Phi) is 3.42. The predicted molar refractivity (Wildman–Crippen MR) is 82.2 cm³/mol. The number of benzene rings is 1. The van der Waals surface area contributed by atoms with Crippen LogP contribution in [-0.4, -0.2) is 11.5 Å². The van der Waals surface area contributed by atoms with Gasteiger partial charge in [0.25, 0.3) is 0 Å². The topological polar surface area (TPSA) is 42.1 Å². The van der Waals surface area contributed by atoms with E-state index in [-0.39, 0.29) is 0 Å². The van der Waals surface area contributed by atoms with Crippen LogP contribution in [0.15, 0.2) is 41.0 Å². The molecular formula is C15H16BrN3. The molecule has 0 radical (unpaired) electrons. The zero-order valence-corrected chi connectivity index (χ0v) is 12.2. The average molecular weight is 318 g/mol. The van der Waals surface area contributed by atoms with Crippen molar-refractivity contribution in [3.8, 4) is 0 Å². The zero-order valence-electron chi connectivity index (χ0n) is 10.6. The lowest BCUT2D eigenvalue weighted by Crippen LogP contribution is -2.29. The van der Waals surface area contributed by atoms with Crippen molar-refractivity contribution in [2.24, 2.45) is 0 Å². The predicted octanol–water partition coefficient (Wildman–Crippen LogP) is 3.38. The maximum atomic E-state index is 5.91. The van der Waals surface area contributed by atoms with Crippen LogP contribution in [0.1, 0.15) is 17.7 Å². The number of aryl methyl sites for hydroxylation is 1. The van der Waals surface area contributed by atoms with E-state index in [1.165, 1.54) is 17.7 Å². The van der Waals surface area contributed by atoms with E-state index in [1.807, 2.05) is 18.3 Å². The second-order valence-electron chi connectivity index (χ2n) is 4.88. The third kappa shape index (κ3) is 2.73. The van der Waals surface area contributed by atoms with Crippen molar-refractivity contribution in [2.75, 3.05) is 17.2 Å². The third-order valence-corrected chi connectivity index (χ3v) is 3.93. The van der Waals surface area contributed by atoms with E-state index < -0.39 is 0 Å². The van der Waals surface area contributed by atoms with Gasteiger partial charge in [-0.15, -0.1) is 0 Å². The highest BCUT2D eigenvalue weighted by Crippen LogP contribution is 2.30. The van der Waals surface area contributed by atoms with E-state index in [2.05, 4.69) is 44.0 Å². The number of nitrogens with two attached hydrogens (primary N) is 1. The molecule has 19 heavy (non-hydrogen) atoms. The number of hydrogen-bond acceptors (Lipinski definition) is 3. The Morgan fingerprint density at radius 2 is 2.16 bits per heavy atom. The van der Waals surface area contributed by atoms with Crippen LogP contribution in [0.4, 0.5) is 11.4 Å². The molecule has 0 saturated heterocycles. The summed E-state index contributed by atoms with van der Waals surface area (Å²) < 4.78 is 1.01. The van der Waals surface area contributed by atoms with Crippen LogP contribution in [0.2, 0.25) is 0 Å². The molecule has 1 aromatic carbocycles. The Labute approximate surface area is 121 Å². The van der Waals surface area contributed by atoms with Gasteiger partial charge < -0.3 is 10.6 Å². The summed E-state index contributed by atoms with van der Waals surface area (Å²) in [6.07, 6.45) is 4.17. The van der Waals surface area contributed by atoms with Gasteiger partial charge in [-0.05, 0) is 58.6 Å². The molecule has 0 spiro atoms. The number of fused-ring (bicyclic) bond motifs is 1. The summed E-state index contributed by atoms with van der Waals surface area (Å²) in [6.45, 7) is 1.90. The normalized spacial score (nSPS) is 14.3. The van der Waals surface area contributed by atoms with Crippen molar-refractivity contribution in [1.82, 2.24) is 4.98 Å². The maximum Gasteiger partial charge on any atom is 0.0602 e. The van der Waals surface area contributed by atoms with Crippen molar-refractivity contribution >= 4 is 27.3 Å². The van der Waals surface area contributed by atoms with Gasteiger partial charge >= 0.3 is 0 Å². The van der Waals surface area contributed by atoms with Gasteiger partial charge in [-0.25, -0.2) is 0 Å². The number of rotatable bonds is 2. The smallest absolute Gasteiger partial charge is 0.0602 e. The number of halogens is 1. The van der Waals surface area contributed by atoms with E-state index in [0.29, 0.717) is 0 Å². The first-order valence-corrected chi connectivity index (χ1v) is 7.25. The van der Waals surface area contributed by atoms with Gasteiger partial charge in [0.1, 0.15) is 0 Å². The minimum absolute atomic E-state index is 0.828. The Hall–Kier alpha value is -1.55. The molecule has 3 rings (SSSR count). The Balaban J connectivity index is 1.87. The van der Waals surface area contributed by atoms with Gasteiger partial charge in [-0.3, -0.25) is 4.98 Å². The van der Waals surface area contributed by atoms with Crippen LogP contribution >= 0.6 is 15.9 Å². The van der Waals surface area contributed by atoms with Gasteiger partial charge in [0.05, 0.1) is 12.2 Å². The van der Waals surface area contributed by atoms with Crippen molar-refractivity contribution in [2.45, 2.75) is 19.4 Å². The third-order valence-electron chi connectivity index (χ3n) is 3.47. The van der Waals surface area contributed by atoms with Crippen LogP contribution in [0, 0.1) is 0 Å². The van der Waals surface area contributed by atoms with Crippen molar-refractivity contribution in [3.63, 3.8) is 0 Å². The van der Waals surface area contributed by atoms with Crippen LogP contribution in [0.25, 0.3) is 0 Å². The molecule has 0 bridgehead atoms. The first-order chi connectivity index (χ1) is 9.22. The molecule has 3 nitrogen and oxygen atoms in total. The highest BCUT2D eigenvalue weighted by atomic mass is 79.9. The number of anilines is 2. The molecule has 0 atom stereocenters. The van der Waals surface area contributed by atoms with Crippen LogP contribution < -0.4 is 10.6 Å². The Morgan fingerprint density at radius 3 is 2.95 bits per heavy atom. The fourth-order valence-electron chi connectivity index (χ4n) is 2.53. The minimum Gasteiger partial charge on any atom is -0.399 e. The van der Waals surface area contributed by atoms with E-state index >= 15 is 0 Å². The molecule has 2 aromatic rings. The van der Waals surface area contributed by atoms with Gasteiger partial charge in [0.2, 0.25) is 0 Å². The zero-order chi connectivity index (χ0) is 13.2. The lowest BCUT2D eigenvalue weighted by atomic mass is 10.0. The Morgan fingerprint density at radius 1 is 1.26 bits per heavy atom. The molecule has 2 N–H and O–H groups in total. The molecule has 1 aliphatic heterocycles. The molecule has 4 heteroatoms. The monoisotopic (exact) mass is 317 g/mol. The number of pyridine rings is 1. The largest absolute Gasteiger partial charge is 0.399 e. The molecule has 1 aromatic heterocycles.